The molecular weight excluding hydrogens is 128 g/mol. The minimum atomic E-state index is -0.0926. The first-order valence-electron chi connectivity index (χ1n) is 2.06. The fraction of sp³-hybridized carbons (Fsp3) is 0.250. The largest absolute Gasteiger partial charge is 0.293 e. The number of ketones is 1. The maximum absolute atomic E-state index is 10.4. The van der Waals surface area contributed by atoms with Gasteiger partial charge in [0.1, 0.15) is 6.54 Å². The summed E-state index contributed by atoms with van der Waals surface area (Å²) in [5.41, 5.74) is 0. The maximum Gasteiger partial charge on any atom is 0.182 e. The van der Waals surface area contributed by atoms with Crippen molar-refractivity contribution in [3.63, 3.8) is 0 Å². The predicted molar refractivity (Wildman–Crippen MR) is 28.7 cm³/mol. The Labute approximate surface area is 51.1 Å². The molecule has 1 rings (SSSR count). The van der Waals surface area contributed by atoms with Gasteiger partial charge >= 0.3 is 0 Å². The molecule has 42 valence electrons. The molecule has 0 fully saturated rings. The van der Waals surface area contributed by atoms with E-state index in [0.29, 0.717) is 0 Å². The maximum atomic E-state index is 10.4. The third-order valence-electron chi connectivity index (χ3n) is 0.673. The Bertz CT molecular complexity index is 173. The summed E-state index contributed by atoms with van der Waals surface area (Å²) in [6.45, 7) is 0.135. The minimum Gasteiger partial charge on any atom is -0.293 e. The van der Waals surface area contributed by atoms with Gasteiger partial charge in [-0.05, 0) is 0 Å². The van der Waals surface area contributed by atoms with Crippen LogP contribution in [0.15, 0.2) is 21.5 Å². The van der Waals surface area contributed by atoms with Gasteiger partial charge in [0.2, 0.25) is 0 Å². The fourth-order valence-electron chi connectivity index (χ4n) is 0.380. The number of azo groups is 1. The van der Waals surface area contributed by atoms with E-state index >= 15 is 0 Å². The number of halogens is 1. The van der Waals surface area contributed by atoms with Crippen molar-refractivity contribution >= 4 is 17.4 Å². The molecule has 0 aromatic carbocycles. The van der Waals surface area contributed by atoms with Crippen LogP contribution in [0.1, 0.15) is 0 Å². The number of hydrogen-bond donors (Lipinski definition) is 0. The fourth-order valence-corrected chi connectivity index (χ4v) is 0.555. The lowest BCUT2D eigenvalue weighted by atomic mass is 10.4. The minimum absolute atomic E-state index is 0.0926. The lowest BCUT2D eigenvalue weighted by Crippen LogP contribution is -2.00. The smallest absolute Gasteiger partial charge is 0.182 e. The Morgan fingerprint density at radius 2 is 2.50 bits per heavy atom. The SMILES string of the molecule is O=C1C=C(Cl)N=NC1. The van der Waals surface area contributed by atoms with Crippen LogP contribution >= 0.6 is 11.6 Å². The molecule has 0 saturated carbocycles. The Morgan fingerprint density at radius 1 is 1.75 bits per heavy atom. The highest BCUT2D eigenvalue weighted by molar-refractivity contribution is 6.31. The Kier molecular flexibility index (Phi) is 1.39. The number of nitrogens with zero attached hydrogens (tertiary/aromatic N) is 2. The first-order chi connectivity index (χ1) is 3.79. The van der Waals surface area contributed by atoms with Gasteiger partial charge in [-0.25, -0.2) is 0 Å². The summed E-state index contributed by atoms with van der Waals surface area (Å²) in [6, 6.07) is 0. The topological polar surface area (TPSA) is 41.8 Å². The van der Waals surface area contributed by atoms with Crippen molar-refractivity contribution < 1.29 is 4.79 Å². The van der Waals surface area contributed by atoms with E-state index in [9.17, 15) is 4.79 Å². The molecule has 4 heteroatoms. The van der Waals surface area contributed by atoms with Crippen LogP contribution < -0.4 is 0 Å². The van der Waals surface area contributed by atoms with Crippen molar-refractivity contribution in [1.29, 1.82) is 0 Å². The van der Waals surface area contributed by atoms with Crippen LogP contribution in [0.2, 0.25) is 0 Å². The van der Waals surface area contributed by atoms with Crippen LogP contribution in [0.25, 0.3) is 0 Å². The van der Waals surface area contributed by atoms with Crippen LogP contribution in [0.5, 0.6) is 0 Å². The Hall–Kier alpha value is -0.700. The second-order valence-electron chi connectivity index (χ2n) is 1.33. The monoisotopic (exact) mass is 130 g/mol. The first-order valence-corrected chi connectivity index (χ1v) is 2.44. The van der Waals surface area contributed by atoms with Crippen molar-refractivity contribution in [2.45, 2.75) is 0 Å². The average Bonchev–Trinajstić information content (AvgIpc) is 1.64. The number of rotatable bonds is 0. The summed E-state index contributed by atoms with van der Waals surface area (Å²) in [4.78, 5) is 10.4. The van der Waals surface area contributed by atoms with Crippen LogP contribution in [-0.2, 0) is 4.79 Å². The molecule has 8 heavy (non-hydrogen) atoms. The van der Waals surface area contributed by atoms with Crippen LogP contribution in [-0.4, -0.2) is 12.3 Å². The zero-order valence-corrected chi connectivity index (χ0v) is 4.72. The lowest BCUT2D eigenvalue weighted by Gasteiger charge is -1.92. The zero-order chi connectivity index (χ0) is 5.98. The standard InChI is InChI=1S/C4H3ClN2O/c5-4-1-3(8)2-6-7-4/h1H,2H2. The van der Waals surface area contributed by atoms with Gasteiger partial charge in [0, 0.05) is 6.08 Å². The number of carbonyl (C=O) groups excluding carboxylic acids is 1. The van der Waals surface area contributed by atoms with Gasteiger partial charge in [-0.1, -0.05) is 11.6 Å². The van der Waals surface area contributed by atoms with E-state index in [4.69, 9.17) is 11.6 Å². The third-order valence-corrected chi connectivity index (χ3v) is 0.858. The molecule has 0 radical (unpaired) electrons. The van der Waals surface area contributed by atoms with Gasteiger partial charge < -0.3 is 0 Å². The molecule has 0 spiro atoms. The van der Waals surface area contributed by atoms with E-state index in [1.165, 1.54) is 6.08 Å². The van der Waals surface area contributed by atoms with Gasteiger partial charge in [-0.2, -0.15) is 5.11 Å². The lowest BCUT2D eigenvalue weighted by molar-refractivity contribution is -0.113. The van der Waals surface area contributed by atoms with E-state index in [-0.39, 0.29) is 17.5 Å². The third kappa shape index (κ3) is 1.13. The molecule has 0 aromatic rings. The molecule has 0 aromatic heterocycles. The van der Waals surface area contributed by atoms with Crippen molar-refractivity contribution in [3.05, 3.63) is 11.2 Å². The summed E-state index contributed by atoms with van der Waals surface area (Å²) in [5.74, 6) is -0.0926. The van der Waals surface area contributed by atoms with Crippen LogP contribution in [0, 0.1) is 0 Å². The Balaban J connectivity index is 2.77. The van der Waals surface area contributed by atoms with Crippen LogP contribution in [0.3, 0.4) is 0 Å². The molecule has 1 aliphatic rings. The second-order valence-corrected chi connectivity index (χ2v) is 1.72. The first kappa shape index (κ1) is 5.44. The molecule has 0 aliphatic carbocycles. The highest BCUT2D eigenvalue weighted by Crippen LogP contribution is 2.07. The van der Waals surface area contributed by atoms with Gasteiger partial charge in [0.25, 0.3) is 0 Å². The van der Waals surface area contributed by atoms with Gasteiger partial charge in [-0.3, -0.25) is 4.79 Å². The van der Waals surface area contributed by atoms with Gasteiger partial charge in [0.15, 0.2) is 10.9 Å². The van der Waals surface area contributed by atoms with E-state index in [2.05, 4.69) is 10.2 Å². The summed E-state index contributed by atoms with van der Waals surface area (Å²) < 4.78 is 0. The van der Waals surface area contributed by atoms with E-state index in [1.807, 2.05) is 0 Å². The van der Waals surface area contributed by atoms with Gasteiger partial charge in [-0.15, -0.1) is 5.11 Å². The normalized spacial score (nSPS) is 18.6. The summed E-state index contributed by atoms with van der Waals surface area (Å²) in [6.07, 6.45) is 1.26. The molecule has 0 saturated heterocycles. The number of hydrogen-bond acceptors (Lipinski definition) is 3. The molecule has 0 atom stereocenters. The quantitative estimate of drug-likeness (QED) is 0.453. The average molecular weight is 131 g/mol. The summed E-state index contributed by atoms with van der Waals surface area (Å²) >= 11 is 5.29. The highest BCUT2D eigenvalue weighted by Gasteiger charge is 2.02. The number of carbonyl (C=O) groups is 1. The van der Waals surface area contributed by atoms with Crippen LogP contribution in [0.4, 0.5) is 0 Å². The van der Waals surface area contributed by atoms with E-state index < -0.39 is 0 Å². The second kappa shape index (κ2) is 2.05. The van der Waals surface area contributed by atoms with Crippen molar-refractivity contribution in [2.24, 2.45) is 10.2 Å². The molecular formula is C4H3ClN2O. The molecule has 0 unspecified atom stereocenters. The molecule has 1 aliphatic heterocycles. The zero-order valence-electron chi connectivity index (χ0n) is 3.97. The van der Waals surface area contributed by atoms with Gasteiger partial charge in [0.05, 0.1) is 0 Å². The van der Waals surface area contributed by atoms with E-state index in [0.717, 1.165) is 0 Å². The predicted octanol–water partition coefficient (Wildman–Crippen LogP) is 1.10. The van der Waals surface area contributed by atoms with E-state index in [1.54, 1.807) is 0 Å². The van der Waals surface area contributed by atoms with Crippen molar-refractivity contribution in [1.82, 2.24) is 0 Å². The molecule has 0 N–H and O–H groups in total. The summed E-state index contributed by atoms with van der Waals surface area (Å²) in [7, 11) is 0. The van der Waals surface area contributed by atoms with Crippen molar-refractivity contribution in [2.75, 3.05) is 6.54 Å². The summed E-state index contributed by atoms with van der Waals surface area (Å²) in [5, 5.41) is 6.99. The molecule has 0 bridgehead atoms. The van der Waals surface area contributed by atoms with Crippen molar-refractivity contribution in [3.8, 4) is 0 Å². The Morgan fingerprint density at radius 3 is 2.88 bits per heavy atom. The molecule has 0 amide bonds. The molecule has 3 nitrogen and oxygen atoms in total. The highest BCUT2D eigenvalue weighted by atomic mass is 35.5. The molecule has 1 heterocycles.